The van der Waals surface area contributed by atoms with E-state index in [9.17, 15) is 94.2 Å². The predicted octanol–water partition coefficient (Wildman–Crippen LogP) is -8.35. The Hall–Kier alpha value is -6.55. The van der Waals surface area contributed by atoms with E-state index in [4.69, 9.17) is 42.9 Å². The largest absolute Gasteiger partial charge is 0.394 e. The molecule has 4 heterocycles. The van der Waals surface area contributed by atoms with Crippen molar-refractivity contribution in [3.8, 4) is 0 Å². The van der Waals surface area contributed by atoms with Crippen LogP contribution in [-0.4, -0.2) is 341 Å². The summed E-state index contributed by atoms with van der Waals surface area (Å²) >= 11 is 0. The number of nitrogens with one attached hydrogen (secondary N) is 13. The van der Waals surface area contributed by atoms with Crippen LogP contribution in [0, 0.1) is 0 Å². The molecule has 1 aromatic heterocycles. The Balaban J connectivity index is 1.32. The lowest BCUT2D eigenvalue weighted by Crippen LogP contribution is -2.65. The van der Waals surface area contributed by atoms with Crippen molar-refractivity contribution in [2.75, 3.05) is 112 Å². The first-order valence-corrected chi connectivity index (χ1v) is 39.1. The molecule has 10 unspecified atom stereocenters. The molecule has 3 aliphatic rings. The molecule has 656 valence electrons. The van der Waals surface area contributed by atoms with E-state index in [1.807, 2.05) is 13.8 Å². The highest BCUT2D eigenvalue weighted by atomic mass is 16.8. The van der Waals surface area contributed by atoms with Crippen LogP contribution in [0.15, 0.2) is 6.20 Å². The molecule has 0 aromatic carbocycles. The van der Waals surface area contributed by atoms with Crippen LogP contribution >= 0.6 is 0 Å². The normalized spacial score (nSPS) is 24.4. The van der Waals surface area contributed by atoms with E-state index in [1.165, 1.54) is 20.8 Å². The number of ether oxygens (including phenoxy) is 6. The van der Waals surface area contributed by atoms with E-state index in [-0.39, 0.29) is 130 Å². The number of hydrogen-bond acceptors (Lipinski definition) is 34. The van der Waals surface area contributed by atoms with Crippen LogP contribution in [-0.2, 0) is 99.2 Å². The summed E-state index contributed by atoms with van der Waals surface area (Å²) in [7, 11) is 0. The van der Waals surface area contributed by atoms with Gasteiger partial charge in [0, 0.05) is 118 Å². The van der Waals surface area contributed by atoms with Crippen LogP contribution in [0.25, 0.3) is 0 Å². The highest BCUT2D eigenvalue weighted by Gasteiger charge is 2.48. The van der Waals surface area contributed by atoms with Crippen molar-refractivity contribution in [1.29, 1.82) is 0 Å². The Labute approximate surface area is 662 Å². The standard InChI is InChI=1S/C70H128N16O28/c1-43(2)75-35-48(93)66(105)76-34-47-36-86(85-84-47)30-17-26-74-52(94)18-12-10-8-6-7-9-11-13-19-56(98)83-70(40-106-31-20-53(95)71-23-14-27-77-112-67-57(80-44(3)90)63(102)60(99)49(37-87)109-67,41-107-32-21-54(96)72-24-15-28-78-113-68-58(81-45(4)91)64(103)61(100)50(38-88)110-68)42-108-33-22-55(97)73-25-16-29-79-114-69-59(82-46(5)92)65(104)62(101)51(39-89)111-69/h36,43,48-51,57-65,67-69,75,77-79,87-89,93,99-104H,6-35,37-42H2,1-5H3,(H,71,95)(H,72,96)(H,73,97)(H,74,94)(H,76,105)(H,80,90)(H,81,91)(H,82,92)(H,83,98)/t48-,49?,50?,51?,57?,58?,59?,60+,61+,62?,63?,64?,65?,67+,68+,69+,70?/m1/s1. The number of carbonyl (C=O) groups is 9. The molecule has 114 heavy (non-hydrogen) atoms. The molecule has 44 nitrogen and oxygen atoms in total. The lowest BCUT2D eigenvalue weighted by atomic mass is 9.97. The van der Waals surface area contributed by atoms with Crippen LogP contribution in [0.2, 0.25) is 0 Å². The van der Waals surface area contributed by atoms with Crippen LogP contribution in [0.5, 0.6) is 0 Å². The third kappa shape index (κ3) is 39.6. The first kappa shape index (κ1) is 99.8. The molecule has 0 radical (unpaired) electrons. The van der Waals surface area contributed by atoms with Gasteiger partial charge in [-0.25, -0.2) is 0 Å². The molecule has 0 saturated carbocycles. The molecule has 4 rings (SSSR count). The zero-order chi connectivity index (χ0) is 83.8. The zero-order valence-corrected chi connectivity index (χ0v) is 66.0. The summed E-state index contributed by atoms with van der Waals surface area (Å²) in [6, 6.07) is -3.43. The average Bonchev–Trinajstić information content (AvgIpc) is 0.849. The third-order valence-electron chi connectivity index (χ3n) is 18.1. The minimum absolute atomic E-state index is 0.0549. The molecule has 16 atom stereocenters. The molecule has 23 N–H and O–H groups in total. The van der Waals surface area contributed by atoms with Gasteiger partial charge < -0.3 is 133 Å². The Bertz CT molecular complexity index is 2740. The van der Waals surface area contributed by atoms with Gasteiger partial charge in [0.1, 0.15) is 90.4 Å². The first-order valence-electron chi connectivity index (χ1n) is 39.1. The summed E-state index contributed by atoms with van der Waals surface area (Å²) in [6.07, 6.45) is -8.21. The third-order valence-corrected chi connectivity index (χ3v) is 18.1. The molecule has 0 bridgehead atoms. The van der Waals surface area contributed by atoms with Crippen molar-refractivity contribution in [3.05, 3.63) is 11.9 Å². The number of carbonyl (C=O) groups excluding carboxylic acids is 9. The fourth-order valence-corrected chi connectivity index (χ4v) is 11.9. The van der Waals surface area contributed by atoms with Gasteiger partial charge in [0.25, 0.3) is 0 Å². The number of unbranched alkanes of at least 4 members (excludes halogenated alkanes) is 7. The van der Waals surface area contributed by atoms with Crippen molar-refractivity contribution in [2.24, 2.45) is 0 Å². The molecule has 3 aliphatic heterocycles. The molecular weight excluding hydrogens is 1510 g/mol. The van der Waals surface area contributed by atoms with E-state index in [2.05, 4.69) is 79.9 Å². The van der Waals surface area contributed by atoms with Crippen molar-refractivity contribution in [3.63, 3.8) is 0 Å². The van der Waals surface area contributed by atoms with Crippen LogP contribution in [0.3, 0.4) is 0 Å². The number of hydrogen-bond donors (Lipinski definition) is 23. The summed E-state index contributed by atoms with van der Waals surface area (Å²) < 4.78 is 36.5. The zero-order valence-electron chi connectivity index (χ0n) is 66.0. The summed E-state index contributed by atoms with van der Waals surface area (Å²) in [5.41, 5.74) is 7.00. The van der Waals surface area contributed by atoms with Gasteiger partial charge in [-0.15, -0.1) is 5.10 Å². The van der Waals surface area contributed by atoms with Crippen molar-refractivity contribution in [2.45, 2.75) is 266 Å². The summed E-state index contributed by atoms with van der Waals surface area (Å²) in [5, 5.41) is 137. The number of aliphatic hydroxyl groups excluding tert-OH is 10. The van der Waals surface area contributed by atoms with Crippen LogP contribution in [0.1, 0.15) is 149 Å². The number of aryl methyl sites for hydroxylation is 1. The van der Waals surface area contributed by atoms with Gasteiger partial charge in [-0.05, 0) is 38.5 Å². The minimum Gasteiger partial charge on any atom is -0.394 e. The predicted molar refractivity (Wildman–Crippen MR) is 398 cm³/mol. The Morgan fingerprint density at radius 2 is 0.816 bits per heavy atom. The molecular formula is C70H128N16O28. The van der Waals surface area contributed by atoms with Crippen LogP contribution < -0.4 is 69.6 Å². The number of aromatic nitrogens is 3. The van der Waals surface area contributed by atoms with Crippen LogP contribution in [0.4, 0.5) is 0 Å². The summed E-state index contributed by atoms with van der Waals surface area (Å²) in [5.74, 6) is -3.81. The van der Waals surface area contributed by atoms with E-state index in [0.717, 1.165) is 32.1 Å². The molecule has 0 spiro atoms. The van der Waals surface area contributed by atoms with Crippen molar-refractivity contribution < 1.29 is 137 Å². The fourth-order valence-electron chi connectivity index (χ4n) is 11.9. The number of hydroxylamine groups is 3. The number of amides is 9. The second-order valence-electron chi connectivity index (χ2n) is 28.5. The van der Waals surface area contributed by atoms with Gasteiger partial charge >= 0.3 is 0 Å². The molecule has 0 aliphatic carbocycles. The summed E-state index contributed by atoms with van der Waals surface area (Å²) in [6.45, 7) is 6.22. The van der Waals surface area contributed by atoms with Gasteiger partial charge in [-0.1, -0.05) is 57.6 Å². The number of aliphatic hydroxyl groups is 10. The quantitative estimate of drug-likeness (QED) is 0.0213. The lowest BCUT2D eigenvalue weighted by molar-refractivity contribution is -0.286. The van der Waals surface area contributed by atoms with Crippen molar-refractivity contribution in [1.82, 2.24) is 84.6 Å². The molecule has 9 amide bonds. The Kier molecular flexibility index (Phi) is 49.7. The second kappa shape index (κ2) is 56.7. The van der Waals surface area contributed by atoms with Gasteiger partial charge in [0.2, 0.25) is 72.0 Å². The molecule has 3 saturated heterocycles. The number of rotatable bonds is 61. The lowest BCUT2D eigenvalue weighted by Gasteiger charge is -2.41. The van der Waals surface area contributed by atoms with E-state index >= 15 is 0 Å². The average molecular weight is 1640 g/mol. The highest BCUT2D eigenvalue weighted by molar-refractivity contribution is 5.81. The van der Waals surface area contributed by atoms with Gasteiger partial charge in [0.15, 0.2) is 0 Å². The van der Waals surface area contributed by atoms with Crippen molar-refractivity contribution >= 4 is 53.2 Å². The van der Waals surface area contributed by atoms with E-state index < -0.39 is 171 Å². The molecule has 3 fully saturated rings. The monoisotopic (exact) mass is 1640 g/mol. The molecule has 1 aromatic rings. The molecule has 44 heteroatoms. The topological polar surface area (TPSA) is 626 Å². The van der Waals surface area contributed by atoms with E-state index in [1.54, 1.807) is 10.9 Å². The maximum Gasteiger partial charge on any atom is 0.250 e. The SMILES string of the molecule is CC(=O)NC1C(O)C(O)C(CO)O[C@H]1ONCCCNC(=O)CCOCC(COCCC(=O)NCCCNO[C@@H]1OC(CO)[C@H](O)C(O)C1NC(C)=O)(COCCC(=O)NCCCNO[C@@H]1OC(CO)[C@H](O)C(O)C1NC(C)=O)NC(=O)CCCCCCCCCCC(=O)NCCCn1cc(CNC(=O)[C@H](O)CNC(C)C)nn1. The fraction of sp³-hybridized carbons (Fsp3) is 0.843. The van der Waals surface area contributed by atoms with Gasteiger partial charge in [-0.3, -0.25) is 62.3 Å². The maximum absolute atomic E-state index is 14.0. The van der Waals surface area contributed by atoms with E-state index in [0.29, 0.717) is 70.2 Å². The Morgan fingerprint density at radius 1 is 0.465 bits per heavy atom. The maximum atomic E-state index is 14.0. The first-order chi connectivity index (χ1) is 54.6. The van der Waals surface area contributed by atoms with Gasteiger partial charge in [0.05, 0.1) is 72.2 Å². The number of nitrogens with zero attached hydrogens (tertiary/aromatic N) is 3. The summed E-state index contributed by atoms with van der Waals surface area (Å²) in [4.78, 5) is 130. The smallest absolute Gasteiger partial charge is 0.250 e. The second-order valence-corrected chi connectivity index (χ2v) is 28.5. The van der Waals surface area contributed by atoms with Gasteiger partial charge in [-0.2, -0.15) is 16.4 Å². The minimum atomic E-state index is -1.53. The Morgan fingerprint density at radius 3 is 1.18 bits per heavy atom. The highest BCUT2D eigenvalue weighted by Crippen LogP contribution is 2.25.